The zero-order valence-corrected chi connectivity index (χ0v) is 20.0. The number of amides is 1. The molecular weight excluding hydrogens is 464 g/mol. The van der Waals surface area contributed by atoms with Crippen LogP contribution in [0.3, 0.4) is 0 Å². The van der Waals surface area contributed by atoms with E-state index in [1.807, 2.05) is 48.5 Å². The second-order valence-electron chi connectivity index (χ2n) is 8.28. The summed E-state index contributed by atoms with van der Waals surface area (Å²) >= 11 is 7.86. The molecule has 5 rings (SSSR count). The summed E-state index contributed by atoms with van der Waals surface area (Å²) < 4.78 is 0. The van der Waals surface area contributed by atoms with Crippen LogP contribution in [-0.2, 0) is 19.5 Å². The lowest BCUT2D eigenvalue weighted by Gasteiger charge is -2.27. The monoisotopic (exact) mass is 486 g/mol. The molecule has 170 valence electrons. The fraction of sp³-hybridized carbons (Fsp3) is 0.143. The maximum absolute atomic E-state index is 13.7. The highest BCUT2D eigenvalue weighted by atomic mass is 35.5. The Bertz CT molecular complexity index is 1340. The molecule has 0 unspecified atom stereocenters. The number of hydrogen-bond acceptors (Lipinski definition) is 4. The van der Waals surface area contributed by atoms with E-state index in [0.717, 1.165) is 36.5 Å². The standard InChI is InChI=1S/C28H23ClN2O2S/c29-23-14-8-7-13-21(23)26(32)25-22-15-16-31(17-19-9-3-1-4-10-19)18-24(22)34-28(25)30-27(33)20-11-5-2-6-12-20/h1-14H,15-18H2,(H,30,33). The lowest BCUT2D eigenvalue weighted by Crippen LogP contribution is -2.29. The molecule has 1 aromatic heterocycles. The molecule has 0 saturated heterocycles. The molecule has 0 fully saturated rings. The van der Waals surface area contributed by atoms with Crippen molar-refractivity contribution in [2.75, 3.05) is 11.9 Å². The van der Waals surface area contributed by atoms with Crippen molar-refractivity contribution in [2.45, 2.75) is 19.5 Å². The van der Waals surface area contributed by atoms with Crippen LogP contribution in [0.4, 0.5) is 5.00 Å². The topological polar surface area (TPSA) is 49.4 Å². The Morgan fingerprint density at radius 1 is 0.912 bits per heavy atom. The predicted octanol–water partition coefficient (Wildman–Crippen LogP) is 6.44. The number of rotatable bonds is 6. The van der Waals surface area contributed by atoms with E-state index in [2.05, 4.69) is 22.3 Å². The van der Waals surface area contributed by atoms with Crippen LogP contribution in [0.5, 0.6) is 0 Å². The largest absolute Gasteiger partial charge is 0.313 e. The molecule has 2 heterocycles. The van der Waals surface area contributed by atoms with E-state index in [1.54, 1.807) is 24.3 Å². The van der Waals surface area contributed by atoms with E-state index in [-0.39, 0.29) is 11.7 Å². The number of carbonyl (C=O) groups excluding carboxylic acids is 2. The molecule has 4 aromatic rings. The lowest BCUT2D eigenvalue weighted by atomic mass is 9.96. The first-order valence-corrected chi connectivity index (χ1v) is 12.4. The van der Waals surface area contributed by atoms with E-state index in [9.17, 15) is 9.59 Å². The highest BCUT2D eigenvalue weighted by Gasteiger charge is 2.30. The number of hydrogen-bond donors (Lipinski definition) is 1. The molecule has 0 atom stereocenters. The van der Waals surface area contributed by atoms with E-state index >= 15 is 0 Å². The average molecular weight is 487 g/mol. The highest BCUT2D eigenvalue weighted by Crippen LogP contribution is 2.39. The second-order valence-corrected chi connectivity index (χ2v) is 9.80. The van der Waals surface area contributed by atoms with E-state index in [0.29, 0.717) is 26.7 Å². The van der Waals surface area contributed by atoms with Gasteiger partial charge in [0.15, 0.2) is 5.78 Å². The normalized spacial score (nSPS) is 13.3. The quantitative estimate of drug-likeness (QED) is 0.319. The molecule has 1 amide bonds. The average Bonchev–Trinajstić information content (AvgIpc) is 3.22. The van der Waals surface area contributed by atoms with Crippen LogP contribution in [-0.4, -0.2) is 23.1 Å². The summed E-state index contributed by atoms with van der Waals surface area (Å²) in [5, 5.41) is 4.02. The van der Waals surface area contributed by atoms with Gasteiger partial charge in [-0.3, -0.25) is 14.5 Å². The summed E-state index contributed by atoms with van der Waals surface area (Å²) in [6.45, 7) is 2.42. The number of ketones is 1. The third-order valence-electron chi connectivity index (χ3n) is 5.99. The Kier molecular flexibility index (Phi) is 6.59. The minimum absolute atomic E-state index is 0.150. The van der Waals surface area contributed by atoms with E-state index in [4.69, 9.17) is 11.6 Å². The molecule has 6 heteroatoms. The van der Waals surface area contributed by atoms with Crippen LogP contribution in [0, 0.1) is 0 Å². The number of thiophene rings is 1. The zero-order chi connectivity index (χ0) is 23.5. The molecule has 0 aliphatic carbocycles. The Morgan fingerprint density at radius 2 is 1.59 bits per heavy atom. The van der Waals surface area contributed by atoms with Gasteiger partial charge >= 0.3 is 0 Å². The fourth-order valence-corrected chi connectivity index (χ4v) is 5.81. The Hall–Kier alpha value is -3.25. The van der Waals surface area contributed by atoms with Crippen molar-refractivity contribution in [3.63, 3.8) is 0 Å². The zero-order valence-electron chi connectivity index (χ0n) is 18.5. The van der Waals surface area contributed by atoms with Gasteiger partial charge in [-0.15, -0.1) is 11.3 Å². The van der Waals surface area contributed by atoms with Crippen LogP contribution in [0.15, 0.2) is 84.9 Å². The molecule has 1 N–H and O–H groups in total. The number of nitrogens with one attached hydrogen (secondary N) is 1. The van der Waals surface area contributed by atoms with Gasteiger partial charge in [0, 0.05) is 35.6 Å². The predicted molar refractivity (Wildman–Crippen MR) is 138 cm³/mol. The number of benzene rings is 3. The van der Waals surface area contributed by atoms with Gasteiger partial charge in [0.1, 0.15) is 5.00 Å². The SMILES string of the molecule is O=C(Nc1sc2c(c1C(=O)c1ccccc1Cl)CCN(Cc1ccccc1)C2)c1ccccc1. The number of fused-ring (bicyclic) bond motifs is 1. The maximum atomic E-state index is 13.7. The van der Waals surface area contributed by atoms with Gasteiger partial charge in [-0.1, -0.05) is 72.3 Å². The van der Waals surface area contributed by atoms with Crippen LogP contribution in [0.2, 0.25) is 5.02 Å². The first kappa shape index (κ1) is 22.5. The molecule has 1 aliphatic rings. The van der Waals surface area contributed by atoms with Crippen molar-refractivity contribution in [2.24, 2.45) is 0 Å². The van der Waals surface area contributed by atoms with Crippen molar-refractivity contribution in [1.82, 2.24) is 4.90 Å². The van der Waals surface area contributed by atoms with Gasteiger partial charge in [-0.05, 0) is 41.8 Å². The molecule has 0 radical (unpaired) electrons. The van der Waals surface area contributed by atoms with Crippen molar-refractivity contribution in [3.05, 3.63) is 123 Å². The molecule has 3 aromatic carbocycles. The molecule has 0 saturated carbocycles. The van der Waals surface area contributed by atoms with Crippen LogP contribution < -0.4 is 5.32 Å². The number of nitrogens with zero attached hydrogens (tertiary/aromatic N) is 1. The summed E-state index contributed by atoms with van der Waals surface area (Å²) in [5.74, 6) is -0.378. The third kappa shape index (κ3) is 4.68. The third-order valence-corrected chi connectivity index (χ3v) is 7.46. The summed E-state index contributed by atoms with van der Waals surface area (Å²) in [7, 11) is 0. The second kappa shape index (κ2) is 9.94. The van der Waals surface area contributed by atoms with Gasteiger partial charge in [0.25, 0.3) is 5.91 Å². The number of carbonyl (C=O) groups is 2. The van der Waals surface area contributed by atoms with E-state index < -0.39 is 0 Å². The Labute approximate surface area is 207 Å². The maximum Gasteiger partial charge on any atom is 0.256 e. The number of halogens is 1. The highest BCUT2D eigenvalue weighted by molar-refractivity contribution is 7.17. The lowest BCUT2D eigenvalue weighted by molar-refractivity contribution is 0.102. The van der Waals surface area contributed by atoms with Gasteiger partial charge in [-0.25, -0.2) is 0 Å². The van der Waals surface area contributed by atoms with Crippen molar-refractivity contribution < 1.29 is 9.59 Å². The van der Waals surface area contributed by atoms with Gasteiger partial charge in [-0.2, -0.15) is 0 Å². The van der Waals surface area contributed by atoms with E-state index in [1.165, 1.54) is 16.9 Å². The smallest absolute Gasteiger partial charge is 0.256 e. The van der Waals surface area contributed by atoms with Crippen molar-refractivity contribution in [3.8, 4) is 0 Å². The Morgan fingerprint density at radius 3 is 2.32 bits per heavy atom. The van der Waals surface area contributed by atoms with Crippen molar-refractivity contribution in [1.29, 1.82) is 0 Å². The first-order chi connectivity index (χ1) is 16.6. The molecule has 4 nitrogen and oxygen atoms in total. The molecular formula is C28H23ClN2O2S. The molecule has 0 spiro atoms. The summed E-state index contributed by atoms with van der Waals surface area (Å²) in [5.41, 5.74) is 3.84. The summed E-state index contributed by atoms with van der Waals surface area (Å²) in [4.78, 5) is 30.1. The van der Waals surface area contributed by atoms with Crippen LogP contribution >= 0.6 is 22.9 Å². The molecule has 1 aliphatic heterocycles. The van der Waals surface area contributed by atoms with Crippen LogP contribution in [0.25, 0.3) is 0 Å². The van der Waals surface area contributed by atoms with Gasteiger partial charge < -0.3 is 5.32 Å². The van der Waals surface area contributed by atoms with Gasteiger partial charge in [0.2, 0.25) is 0 Å². The van der Waals surface area contributed by atoms with Gasteiger partial charge in [0.05, 0.1) is 10.6 Å². The Balaban J connectivity index is 1.49. The van der Waals surface area contributed by atoms with Crippen molar-refractivity contribution >= 4 is 39.6 Å². The molecule has 34 heavy (non-hydrogen) atoms. The minimum atomic E-state index is -0.228. The summed E-state index contributed by atoms with van der Waals surface area (Å²) in [6, 6.07) is 26.5. The summed E-state index contributed by atoms with van der Waals surface area (Å²) in [6.07, 6.45) is 0.741. The molecule has 0 bridgehead atoms. The fourth-order valence-electron chi connectivity index (χ4n) is 4.31. The number of anilines is 1. The first-order valence-electron chi connectivity index (χ1n) is 11.2. The minimum Gasteiger partial charge on any atom is -0.313 e. The van der Waals surface area contributed by atoms with Crippen LogP contribution in [0.1, 0.15) is 42.3 Å².